The lowest BCUT2D eigenvalue weighted by Crippen LogP contribution is -2.46. The van der Waals surface area contributed by atoms with Crippen LogP contribution in [0.4, 0.5) is 0 Å². The molecule has 1 fully saturated rings. The van der Waals surface area contributed by atoms with Crippen LogP contribution in [0.25, 0.3) is 0 Å². The van der Waals surface area contributed by atoms with E-state index >= 15 is 0 Å². The summed E-state index contributed by atoms with van der Waals surface area (Å²) in [5.41, 5.74) is 5.43. The van der Waals surface area contributed by atoms with E-state index in [1.807, 2.05) is 38.1 Å². The van der Waals surface area contributed by atoms with Crippen molar-refractivity contribution in [1.29, 1.82) is 0 Å². The highest BCUT2D eigenvalue weighted by Gasteiger charge is 2.33. The minimum atomic E-state index is -3.77. The van der Waals surface area contributed by atoms with Crippen LogP contribution in [0.3, 0.4) is 0 Å². The first kappa shape index (κ1) is 22.2. The van der Waals surface area contributed by atoms with Crippen LogP contribution in [0.5, 0.6) is 0 Å². The molecule has 0 atom stereocenters. The van der Waals surface area contributed by atoms with Crippen LogP contribution >= 0.6 is 0 Å². The van der Waals surface area contributed by atoms with Crippen LogP contribution in [0, 0.1) is 13.8 Å². The zero-order valence-electron chi connectivity index (χ0n) is 17.5. The molecule has 0 aliphatic heterocycles. The summed E-state index contributed by atoms with van der Waals surface area (Å²) in [7, 11) is -3.77. The summed E-state index contributed by atoms with van der Waals surface area (Å²) < 4.78 is 28.0. The highest BCUT2D eigenvalue weighted by Crippen LogP contribution is 2.27. The summed E-state index contributed by atoms with van der Waals surface area (Å²) in [5.74, 6) is -0.444. The van der Waals surface area contributed by atoms with Gasteiger partial charge in [-0.2, -0.15) is 9.41 Å². The molecular formula is C23H29N3O3S. The van der Waals surface area contributed by atoms with Crippen molar-refractivity contribution in [2.75, 3.05) is 6.54 Å². The number of nitrogens with one attached hydrogen (secondary N) is 1. The van der Waals surface area contributed by atoms with Gasteiger partial charge in [0, 0.05) is 6.04 Å². The molecule has 0 saturated heterocycles. The Balaban J connectivity index is 1.75. The number of carbonyl (C=O) groups excluding carboxylic acids is 1. The predicted molar refractivity (Wildman–Crippen MR) is 119 cm³/mol. The van der Waals surface area contributed by atoms with Gasteiger partial charge in [-0.3, -0.25) is 4.79 Å². The Morgan fingerprint density at radius 3 is 2.43 bits per heavy atom. The number of benzene rings is 2. The zero-order valence-corrected chi connectivity index (χ0v) is 18.4. The summed E-state index contributed by atoms with van der Waals surface area (Å²) in [4.78, 5) is 12.8. The lowest BCUT2D eigenvalue weighted by atomic mass is 9.95. The highest BCUT2D eigenvalue weighted by atomic mass is 32.2. The van der Waals surface area contributed by atoms with Crippen molar-refractivity contribution < 1.29 is 13.2 Å². The SMILES string of the molecule is Cc1ccc(S(=O)(=O)N(CC(=O)N/N=C\c2cccc(C)c2)C2CCCCC2)cc1. The number of carbonyl (C=O) groups is 1. The summed E-state index contributed by atoms with van der Waals surface area (Å²) in [6, 6.07) is 14.3. The number of hydrogen-bond acceptors (Lipinski definition) is 4. The molecule has 0 unspecified atom stereocenters. The van der Waals surface area contributed by atoms with Crippen LogP contribution in [0.2, 0.25) is 0 Å². The van der Waals surface area contributed by atoms with Crippen LogP contribution in [-0.2, 0) is 14.8 Å². The Bertz CT molecular complexity index is 995. The van der Waals surface area contributed by atoms with Crippen molar-refractivity contribution in [1.82, 2.24) is 9.73 Å². The Labute approximate surface area is 179 Å². The predicted octanol–water partition coefficient (Wildman–Crippen LogP) is 3.78. The van der Waals surface area contributed by atoms with Gasteiger partial charge in [-0.05, 0) is 44.4 Å². The number of hydrazone groups is 1. The first-order chi connectivity index (χ1) is 14.4. The topological polar surface area (TPSA) is 78.8 Å². The molecule has 2 aromatic carbocycles. The highest BCUT2D eigenvalue weighted by molar-refractivity contribution is 7.89. The Hall–Kier alpha value is -2.51. The lowest BCUT2D eigenvalue weighted by Gasteiger charge is -2.32. The summed E-state index contributed by atoms with van der Waals surface area (Å²) >= 11 is 0. The maximum Gasteiger partial charge on any atom is 0.255 e. The maximum atomic E-state index is 13.3. The number of amides is 1. The summed E-state index contributed by atoms with van der Waals surface area (Å²) in [5, 5.41) is 4.00. The lowest BCUT2D eigenvalue weighted by molar-refractivity contribution is -0.121. The first-order valence-corrected chi connectivity index (χ1v) is 11.8. The summed E-state index contributed by atoms with van der Waals surface area (Å²) in [6.45, 7) is 3.65. The van der Waals surface area contributed by atoms with E-state index in [1.165, 1.54) is 4.31 Å². The van der Waals surface area contributed by atoms with Gasteiger partial charge in [0.2, 0.25) is 10.0 Å². The molecule has 1 aliphatic carbocycles. The smallest absolute Gasteiger partial charge is 0.255 e. The number of hydrogen-bond donors (Lipinski definition) is 1. The average Bonchev–Trinajstić information content (AvgIpc) is 2.73. The van der Waals surface area contributed by atoms with Gasteiger partial charge in [0.05, 0.1) is 17.7 Å². The Kier molecular flexibility index (Phi) is 7.39. The Morgan fingerprint density at radius 1 is 1.07 bits per heavy atom. The second-order valence-corrected chi connectivity index (χ2v) is 9.75. The Morgan fingerprint density at radius 2 is 1.77 bits per heavy atom. The van der Waals surface area contributed by atoms with Crippen molar-refractivity contribution in [3.05, 3.63) is 65.2 Å². The standard InChI is InChI=1S/C23H29N3O3S/c1-18-11-13-22(14-12-18)30(28,29)26(21-9-4-3-5-10-21)17-23(27)25-24-16-20-8-6-7-19(2)15-20/h6-8,11-16,21H,3-5,9-10,17H2,1-2H3,(H,25,27)/b24-16-. The van der Waals surface area contributed by atoms with Crippen molar-refractivity contribution >= 4 is 22.1 Å². The third-order valence-electron chi connectivity index (χ3n) is 5.35. The van der Waals surface area contributed by atoms with E-state index in [0.717, 1.165) is 48.8 Å². The third-order valence-corrected chi connectivity index (χ3v) is 7.27. The third kappa shape index (κ3) is 5.77. The van der Waals surface area contributed by atoms with E-state index < -0.39 is 15.9 Å². The molecule has 0 bridgehead atoms. The fourth-order valence-electron chi connectivity index (χ4n) is 3.73. The van der Waals surface area contributed by atoms with Gasteiger partial charge in [0.25, 0.3) is 5.91 Å². The molecule has 160 valence electrons. The molecule has 6 nitrogen and oxygen atoms in total. The molecular weight excluding hydrogens is 398 g/mol. The van der Waals surface area contributed by atoms with E-state index in [9.17, 15) is 13.2 Å². The largest absolute Gasteiger partial charge is 0.272 e. The van der Waals surface area contributed by atoms with Gasteiger partial charge in [-0.25, -0.2) is 13.8 Å². The van der Waals surface area contributed by atoms with Gasteiger partial charge in [0.15, 0.2) is 0 Å². The second-order valence-electron chi connectivity index (χ2n) is 7.86. The normalized spacial score (nSPS) is 15.6. The molecule has 0 heterocycles. The molecule has 2 aromatic rings. The van der Waals surface area contributed by atoms with Crippen LogP contribution in [0.15, 0.2) is 58.5 Å². The van der Waals surface area contributed by atoms with Crippen molar-refractivity contribution in [3.8, 4) is 0 Å². The number of nitrogens with zero attached hydrogens (tertiary/aromatic N) is 2. The molecule has 3 rings (SSSR count). The van der Waals surface area contributed by atoms with Crippen molar-refractivity contribution in [2.45, 2.75) is 56.9 Å². The molecule has 0 aromatic heterocycles. The van der Waals surface area contributed by atoms with Gasteiger partial charge in [-0.1, -0.05) is 66.8 Å². The molecule has 1 N–H and O–H groups in total. The van der Waals surface area contributed by atoms with E-state index in [0.29, 0.717) is 0 Å². The summed E-state index contributed by atoms with van der Waals surface area (Å²) in [6.07, 6.45) is 6.14. The average molecular weight is 428 g/mol. The van der Waals surface area contributed by atoms with E-state index in [2.05, 4.69) is 10.5 Å². The van der Waals surface area contributed by atoms with E-state index in [1.54, 1.807) is 30.5 Å². The number of rotatable bonds is 7. The van der Waals surface area contributed by atoms with Crippen LogP contribution < -0.4 is 5.43 Å². The van der Waals surface area contributed by atoms with Crippen molar-refractivity contribution in [3.63, 3.8) is 0 Å². The quantitative estimate of drug-likeness (QED) is 0.539. The van der Waals surface area contributed by atoms with Crippen LogP contribution in [-0.4, -0.2) is 37.4 Å². The van der Waals surface area contributed by atoms with Crippen molar-refractivity contribution in [2.24, 2.45) is 5.10 Å². The molecule has 1 saturated carbocycles. The van der Waals surface area contributed by atoms with E-state index in [-0.39, 0.29) is 17.5 Å². The van der Waals surface area contributed by atoms with Gasteiger partial charge < -0.3 is 0 Å². The fourth-order valence-corrected chi connectivity index (χ4v) is 5.37. The molecule has 0 spiro atoms. The van der Waals surface area contributed by atoms with Gasteiger partial charge in [0.1, 0.15) is 0 Å². The fraction of sp³-hybridized carbons (Fsp3) is 0.391. The van der Waals surface area contributed by atoms with Gasteiger partial charge in [-0.15, -0.1) is 0 Å². The molecule has 1 amide bonds. The monoisotopic (exact) mass is 427 g/mol. The molecule has 30 heavy (non-hydrogen) atoms. The minimum Gasteiger partial charge on any atom is -0.272 e. The number of aryl methyl sites for hydroxylation is 2. The molecule has 0 radical (unpaired) electrons. The van der Waals surface area contributed by atoms with Crippen LogP contribution in [0.1, 0.15) is 48.8 Å². The van der Waals surface area contributed by atoms with Gasteiger partial charge >= 0.3 is 0 Å². The maximum absolute atomic E-state index is 13.3. The molecule has 1 aliphatic rings. The number of sulfonamides is 1. The minimum absolute atomic E-state index is 0.170. The van der Waals surface area contributed by atoms with E-state index in [4.69, 9.17) is 0 Å². The molecule has 7 heteroatoms. The second kappa shape index (κ2) is 10.00. The first-order valence-electron chi connectivity index (χ1n) is 10.3. The zero-order chi connectivity index (χ0) is 21.6.